The minimum absolute atomic E-state index is 0.00858. The maximum Gasteiger partial charge on any atom is 0.270 e. The normalized spacial score (nSPS) is 11.2. The Bertz CT molecular complexity index is 925. The van der Waals surface area contributed by atoms with Gasteiger partial charge in [-0.25, -0.2) is 0 Å². The molecular formula is C18H17BrN4O3. The molecule has 0 aliphatic heterocycles. The molecule has 0 spiro atoms. The molecule has 0 atom stereocenters. The molecule has 7 nitrogen and oxygen atoms in total. The third-order valence-electron chi connectivity index (χ3n) is 3.52. The molecule has 26 heavy (non-hydrogen) atoms. The Hall–Kier alpha value is -2.71. The highest BCUT2D eigenvalue weighted by Crippen LogP contribution is 2.27. The molecule has 0 unspecified atom stereocenters. The maximum atomic E-state index is 12.0. The molecule has 3 rings (SSSR count). The summed E-state index contributed by atoms with van der Waals surface area (Å²) in [4.78, 5) is 17.1. The van der Waals surface area contributed by atoms with Crippen LogP contribution in [0.3, 0.4) is 0 Å². The van der Waals surface area contributed by atoms with Gasteiger partial charge in [0.15, 0.2) is 0 Å². The van der Waals surface area contributed by atoms with Crippen LogP contribution < -0.4 is 5.32 Å². The van der Waals surface area contributed by atoms with Crippen molar-refractivity contribution in [2.24, 2.45) is 5.16 Å². The van der Waals surface area contributed by atoms with E-state index in [-0.39, 0.29) is 6.61 Å². The lowest BCUT2D eigenvalue weighted by Crippen LogP contribution is -2.12. The van der Waals surface area contributed by atoms with Crippen LogP contribution in [0.15, 0.2) is 58.3 Å². The summed E-state index contributed by atoms with van der Waals surface area (Å²) in [6.07, 6.45) is 2.90. The topological polar surface area (TPSA) is 88.7 Å². The number of oxime groups is 1. The molecule has 0 fully saturated rings. The minimum atomic E-state index is -0.396. The first-order valence-electron chi connectivity index (χ1n) is 7.93. The lowest BCUT2D eigenvalue weighted by Gasteiger charge is -2.03. The summed E-state index contributed by atoms with van der Waals surface area (Å²) < 4.78 is 2.40. The third kappa shape index (κ3) is 4.68. The van der Waals surface area contributed by atoms with Crippen molar-refractivity contribution in [3.05, 3.63) is 58.7 Å². The molecule has 0 radical (unpaired) electrons. The second kappa shape index (κ2) is 8.59. The van der Waals surface area contributed by atoms with Crippen molar-refractivity contribution in [2.45, 2.75) is 13.2 Å². The van der Waals surface area contributed by atoms with E-state index in [1.807, 2.05) is 36.5 Å². The number of nitrogens with one attached hydrogen (secondary N) is 1. The van der Waals surface area contributed by atoms with Crippen molar-refractivity contribution < 1.29 is 14.7 Å². The number of hydrogen-bond acceptors (Lipinski definition) is 5. The number of aliphatic hydroxyl groups excluding tert-OH is 1. The van der Waals surface area contributed by atoms with E-state index < -0.39 is 5.91 Å². The largest absolute Gasteiger partial charge is 0.394 e. The second-order valence-corrected chi connectivity index (χ2v) is 6.35. The number of rotatable bonds is 7. The van der Waals surface area contributed by atoms with Gasteiger partial charge in [-0.2, -0.15) is 5.10 Å². The van der Waals surface area contributed by atoms with Gasteiger partial charge >= 0.3 is 0 Å². The highest BCUT2D eigenvalue weighted by atomic mass is 79.9. The Morgan fingerprint density at radius 1 is 1.35 bits per heavy atom. The predicted octanol–water partition coefficient (Wildman–Crippen LogP) is 2.93. The monoisotopic (exact) mass is 416 g/mol. The quantitative estimate of drug-likeness (QED) is 0.457. The fourth-order valence-electron chi connectivity index (χ4n) is 2.38. The Balaban J connectivity index is 1.60. The lowest BCUT2D eigenvalue weighted by molar-refractivity contribution is -0.110. The number of carbonyl (C=O) groups is 1. The summed E-state index contributed by atoms with van der Waals surface area (Å²) >= 11 is 3.44. The van der Waals surface area contributed by atoms with E-state index in [0.29, 0.717) is 18.8 Å². The number of benzene rings is 2. The van der Waals surface area contributed by atoms with Crippen molar-refractivity contribution in [2.75, 3.05) is 11.9 Å². The minimum Gasteiger partial charge on any atom is -0.394 e. The highest BCUT2D eigenvalue weighted by molar-refractivity contribution is 9.10. The predicted molar refractivity (Wildman–Crippen MR) is 103 cm³/mol. The molecule has 134 valence electrons. The lowest BCUT2D eigenvalue weighted by atomic mass is 10.2. The molecule has 0 aliphatic rings. The van der Waals surface area contributed by atoms with E-state index in [0.717, 1.165) is 27.2 Å². The van der Waals surface area contributed by atoms with Crippen LogP contribution >= 0.6 is 15.9 Å². The molecule has 1 aromatic heterocycles. The van der Waals surface area contributed by atoms with Crippen molar-refractivity contribution in [1.82, 2.24) is 9.78 Å². The van der Waals surface area contributed by atoms with Gasteiger partial charge in [-0.1, -0.05) is 35.5 Å². The van der Waals surface area contributed by atoms with E-state index >= 15 is 0 Å². The summed E-state index contributed by atoms with van der Waals surface area (Å²) in [6, 6.07) is 13.1. The molecule has 2 N–H and O–H groups in total. The van der Waals surface area contributed by atoms with Gasteiger partial charge in [0, 0.05) is 21.7 Å². The summed E-state index contributed by atoms with van der Waals surface area (Å²) in [5.41, 5.74) is 2.34. The Labute approximate surface area is 158 Å². The summed E-state index contributed by atoms with van der Waals surface area (Å²) in [5, 5.41) is 20.6. The number of halogens is 1. The van der Waals surface area contributed by atoms with Crippen LogP contribution in [-0.2, 0) is 22.8 Å². The SMILES string of the molecule is O=C(/C=N/OCc1ccccc1)Nc1cc(Br)c2nn(CCO)cc2c1. The van der Waals surface area contributed by atoms with Crippen molar-refractivity contribution in [3.63, 3.8) is 0 Å². The summed E-state index contributed by atoms with van der Waals surface area (Å²) in [5.74, 6) is -0.396. The van der Waals surface area contributed by atoms with Crippen molar-refractivity contribution >= 4 is 44.6 Å². The average molecular weight is 417 g/mol. The number of aromatic nitrogens is 2. The van der Waals surface area contributed by atoms with Gasteiger partial charge in [0.1, 0.15) is 18.3 Å². The van der Waals surface area contributed by atoms with Gasteiger partial charge in [0.05, 0.1) is 13.2 Å². The summed E-state index contributed by atoms with van der Waals surface area (Å²) in [6.45, 7) is 0.717. The van der Waals surface area contributed by atoms with Crippen LogP contribution in [0.1, 0.15) is 5.56 Å². The third-order valence-corrected chi connectivity index (χ3v) is 4.13. The van der Waals surface area contributed by atoms with E-state index in [9.17, 15) is 4.79 Å². The summed E-state index contributed by atoms with van der Waals surface area (Å²) in [7, 11) is 0. The fourth-order valence-corrected chi connectivity index (χ4v) is 2.93. The zero-order valence-electron chi connectivity index (χ0n) is 13.8. The van der Waals surface area contributed by atoms with Gasteiger partial charge in [0.2, 0.25) is 0 Å². The fraction of sp³-hybridized carbons (Fsp3) is 0.167. The number of anilines is 1. The second-order valence-electron chi connectivity index (χ2n) is 5.49. The Morgan fingerprint density at radius 3 is 2.92 bits per heavy atom. The first-order valence-corrected chi connectivity index (χ1v) is 8.73. The number of fused-ring (bicyclic) bond motifs is 1. The zero-order chi connectivity index (χ0) is 18.4. The van der Waals surface area contributed by atoms with E-state index in [1.165, 1.54) is 0 Å². The molecule has 2 aromatic carbocycles. The smallest absolute Gasteiger partial charge is 0.270 e. The standard InChI is InChI=1S/C18H17BrN4O3/c19-16-9-15(8-14-11-23(6-7-24)22-18(14)16)21-17(25)10-20-26-12-13-4-2-1-3-5-13/h1-5,8-11,24H,6-7,12H2,(H,21,25)/b20-10+. The first-order chi connectivity index (χ1) is 12.7. The molecule has 0 bridgehead atoms. The van der Waals surface area contributed by atoms with E-state index in [4.69, 9.17) is 9.94 Å². The van der Waals surface area contributed by atoms with Crippen LogP contribution in [0.5, 0.6) is 0 Å². The van der Waals surface area contributed by atoms with E-state index in [1.54, 1.807) is 16.8 Å². The van der Waals surface area contributed by atoms with Gasteiger partial charge < -0.3 is 15.3 Å². The van der Waals surface area contributed by atoms with Crippen LogP contribution in [0.4, 0.5) is 5.69 Å². The van der Waals surface area contributed by atoms with Gasteiger partial charge in [0.25, 0.3) is 5.91 Å². The van der Waals surface area contributed by atoms with Crippen LogP contribution in [0, 0.1) is 0 Å². The van der Waals surface area contributed by atoms with Crippen LogP contribution in [0.2, 0.25) is 0 Å². The van der Waals surface area contributed by atoms with Gasteiger partial charge in [-0.15, -0.1) is 0 Å². The Morgan fingerprint density at radius 2 is 2.15 bits per heavy atom. The Kier molecular flexibility index (Phi) is 5.98. The van der Waals surface area contributed by atoms with E-state index in [2.05, 4.69) is 31.5 Å². The number of hydrogen-bond donors (Lipinski definition) is 2. The number of aliphatic hydroxyl groups is 1. The number of amides is 1. The number of nitrogens with zero attached hydrogens (tertiary/aromatic N) is 3. The zero-order valence-corrected chi connectivity index (χ0v) is 15.4. The average Bonchev–Trinajstić information content (AvgIpc) is 3.03. The molecule has 8 heteroatoms. The van der Waals surface area contributed by atoms with Crippen LogP contribution in [0.25, 0.3) is 10.9 Å². The maximum absolute atomic E-state index is 12.0. The molecule has 0 saturated heterocycles. The molecule has 1 amide bonds. The molecule has 1 heterocycles. The first kappa shape index (κ1) is 18.1. The highest BCUT2D eigenvalue weighted by Gasteiger charge is 2.08. The van der Waals surface area contributed by atoms with Crippen molar-refractivity contribution in [1.29, 1.82) is 0 Å². The van der Waals surface area contributed by atoms with Crippen molar-refractivity contribution in [3.8, 4) is 0 Å². The number of carbonyl (C=O) groups excluding carboxylic acids is 1. The molecular weight excluding hydrogens is 400 g/mol. The molecule has 0 saturated carbocycles. The molecule has 0 aliphatic carbocycles. The van der Waals surface area contributed by atoms with Gasteiger partial charge in [-0.3, -0.25) is 9.48 Å². The van der Waals surface area contributed by atoms with Gasteiger partial charge in [-0.05, 0) is 33.6 Å². The molecule has 3 aromatic rings. The van der Waals surface area contributed by atoms with Crippen LogP contribution in [-0.4, -0.2) is 33.6 Å².